The van der Waals surface area contributed by atoms with Crippen LogP contribution in [0.1, 0.15) is 0 Å². The van der Waals surface area contributed by atoms with Crippen LogP contribution in [0.5, 0.6) is 0 Å². The minimum absolute atomic E-state index is 0.00873. The molecular formula is C16H7F3N4O3S3. The number of rotatable bonds is 5. The van der Waals surface area contributed by atoms with Crippen molar-refractivity contribution in [1.82, 2.24) is 9.97 Å². The molecule has 0 aliphatic carbocycles. The number of nitrogens with zero attached hydrogens (tertiary/aromatic N) is 3. The van der Waals surface area contributed by atoms with Crippen LogP contribution in [0.25, 0.3) is 20.4 Å². The maximum Gasteiger partial charge on any atom is 0.270 e. The van der Waals surface area contributed by atoms with Gasteiger partial charge in [-0.15, -0.1) is 11.3 Å². The highest BCUT2D eigenvalue weighted by atomic mass is 32.2. The van der Waals surface area contributed by atoms with E-state index in [0.29, 0.717) is 14.6 Å². The first kappa shape index (κ1) is 19.5. The molecule has 0 unspecified atom stereocenters. The number of carbonyl (C=O) groups is 1. The lowest BCUT2D eigenvalue weighted by Crippen LogP contribution is -2.13. The van der Waals surface area contributed by atoms with Gasteiger partial charge >= 0.3 is 0 Å². The number of hydrogen-bond donors (Lipinski definition) is 1. The number of aromatic nitrogens is 2. The van der Waals surface area contributed by atoms with E-state index in [2.05, 4.69) is 15.3 Å². The van der Waals surface area contributed by atoms with E-state index in [0.717, 1.165) is 29.2 Å². The lowest BCUT2D eigenvalue weighted by Gasteiger charge is -1.99. The zero-order valence-corrected chi connectivity index (χ0v) is 16.4. The second kappa shape index (κ2) is 7.57. The van der Waals surface area contributed by atoms with Crippen molar-refractivity contribution in [2.75, 3.05) is 11.1 Å². The minimum Gasteiger partial charge on any atom is -0.301 e. The first-order chi connectivity index (χ1) is 13.8. The Balaban J connectivity index is 1.45. The van der Waals surface area contributed by atoms with Crippen LogP contribution >= 0.6 is 34.4 Å². The number of anilines is 1. The SMILES string of the molecule is O=C(CSc1nc2ccc([N+](=O)[O-])cc2s1)Nc1nc2c(F)c(F)c(F)cc2s1. The average Bonchev–Trinajstić information content (AvgIpc) is 3.27. The summed E-state index contributed by atoms with van der Waals surface area (Å²) in [6.45, 7) is 0. The highest BCUT2D eigenvalue weighted by Crippen LogP contribution is 2.33. The molecule has 0 saturated heterocycles. The van der Waals surface area contributed by atoms with E-state index in [-0.39, 0.29) is 26.8 Å². The van der Waals surface area contributed by atoms with Gasteiger partial charge in [-0.2, -0.15) is 0 Å². The molecule has 0 saturated carbocycles. The number of halogens is 3. The molecule has 13 heteroatoms. The number of non-ortho nitro benzene ring substituents is 1. The van der Waals surface area contributed by atoms with Crippen LogP contribution in [0.3, 0.4) is 0 Å². The predicted molar refractivity (Wildman–Crippen MR) is 105 cm³/mol. The summed E-state index contributed by atoms with van der Waals surface area (Å²) in [6, 6.07) is 5.10. The topological polar surface area (TPSA) is 98.0 Å². The molecule has 0 fully saturated rings. The van der Waals surface area contributed by atoms with Gasteiger partial charge in [0.1, 0.15) is 5.52 Å². The van der Waals surface area contributed by atoms with Gasteiger partial charge in [0.2, 0.25) is 5.91 Å². The van der Waals surface area contributed by atoms with Gasteiger partial charge in [-0.1, -0.05) is 23.1 Å². The zero-order valence-electron chi connectivity index (χ0n) is 13.9. The molecule has 148 valence electrons. The average molecular weight is 456 g/mol. The van der Waals surface area contributed by atoms with E-state index in [9.17, 15) is 28.1 Å². The summed E-state index contributed by atoms with van der Waals surface area (Å²) in [6.07, 6.45) is 0. The van der Waals surface area contributed by atoms with E-state index in [1.807, 2.05) is 0 Å². The third kappa shape index (κ3) is 3.88. The fraction of sp³-hybridized carbons (Fsp3) is 0.0625. The van der Waals surface area contributed by atoms with Crippen LogP contribution < -0.4 is 5.32 Å². The molecule has 2 aromatic carbocycles. The van der Waals surface area contributed by atoms with E-state index in [1.54, 1.807) is 0 Å². The van der Waals surface area contributed by atoms with E-state index in [1.165, 1.54) is 29.5 Å². The number of benzene rings is 2. The number of carbonyl (C=O) groups excluding carboxylic acids is 1. The van der Waals surface area contributed by atoms with Crippen molar-refractivity contribution >= 4 is 71.6 Å². The van der Waals surface area contributed by atoms with Gasteiger partial charge in [0.15, 0.2) is 26.9 Å². The zero-order chi connectivity index (χ0) is 20.7. The Labute approximate surface area is 171 Å². The van der Waals surface area contributed by atoms with Crippen molar-refractivity contribution in [2.45, 2.75) is 4.34 Å². The summed E-state index contributed by atoms with van der Waals surface area (Å²) >= 11 is 3.14. The fourth-order valence-electron chi connectivity index (χ4n) is 2.38. The van der Waals surface area contributed by atoms with Crippen molar-refractivity contribution in [3.63, 3.8) is 0 Å². The third-order valence-electron chi connectivity index (χ3n) is 3.66. The largest absolute Gasteiger partial charge is 0.301 e. The number of nitro benzene ring substituents is 1. The quantitative estimate of drug-likeness (QED) is 0.197. The summed E-state index contributed by atoms with van der Waals surface area (Å²) in [4.78, 5) is 30.5. The molecule has 0 aliphatic rings. The van der Waals surface area contributed by atoms with Crippen molar-refractivity contribution < 1.29 is 22.9 Å². The van der Waals surface area contributed by atoms with Gasteiger partial charge in [-0.25, -0.2) is 23.1 Å². The van der Waals surface area contributed by atoms with Crippen LogP contribution in [-0.2, 0) is 4.79 Å². The smallest absolute Gasteiger partial charge is 0.270 e. The summed E-state index contributed by atoms with van der Waals surface area (Å²) in [5.74, 6) is -4.88. The Bertz CT molecular complexity index is 1290. The van der Waals surface area contributed by atoms with Gasteiger partial charge in [0, 0.05) is 12.1 Å². The number of thiazole rings is 2. The van der Waals surface area contributed by atoms with Crippen molar-refractivity contribution in [3.05, 3.63) is 51.8 Å². The Morgan fingerprint density at radius 1 is 1.14 bits per heavy atom. The first-order valence-electron chi connectivity index (χ1n) is 7.73. The Kier molecular flexibility index (Phi) is 5.10. The lowest BCUT2D eigenvalue weighted by atomic mass is 10.3. The maximum absolute atomic E-state index is 13.7. The lowest BCUT2D eigenvalue weighted by molar-refractivity contribution is -0.384. The Morgan fingerprint density at radius 2 is 1.93 bits per heavy atom. The minimum atomic E-state index is -1.62. The maximum atomic E-state index is 13.7. The van der Waals surface area contributed by atoms with Gasteiger partial charge in [0.25, 0.3) is 5.69 Å². The molecule has 1 amide bonds. The van der Waals surface area contributed by atoms with Crippen LogP contribution in [0, 0.1) is 27.6 Å². The predicted octanol–water partition coefficient (Wildman–Crippen LogP) is 4.96. The molecule has 1 N–H and O–H groups in total. The van der Waals surface area contributed by atoms with Crippen LogP contribution in [0.2, 0.25) is 0 Å². The third-order valence-corrected chi connectivity index (χ3v) is 6.74. The van der Waals surface area contributed by atoms with Crippen LogP contribution in [-0.4, -0.2) is 26.6 Å². The van der Waals surface area contributed by atoms with Crippen molar-refractivity contribution in [1.29, 1.82) is 0 Å². The fourth-order valence-corrected chi connectivity index (χ4v) is 5.18. The summed E-state index contributed by atoms with van der Waals surface area (Å²) in [5, 5.41) is 13.3. The Hall–Kier alpha value is -2.77. The number of nitro groups is 1. The molecule has 29 heavy (non-hydrogen) atoms. The monoisotopic (exact) mass is 456 g/mol. The van der Waals surface area contributed by atoms with E-state index >= 15 is 0 Å². The summed E-state index contributed by atoms with van der Waals surface area (Å²) in [5.41, 5.74) is 0.171. The van der Waals surface area contributed by atoms with Gasteiger partial charge in [-0.05, 0) is 12.1 Å². The van der Waals surface area contributed by atoms with Gasteiger partial charge < -0.3 is 5.32 Å². The number of thioether (sulfide) groups is 1. The summed E-state index contributed by atoms with van der Waals surface area (Å²) in [7, 11) is 0. The van der Waals surface area contributed by atoms with E-state index in [4.69, 9.17) is 0 Å². The molecular weight excluding hydrogens is 449 g/mol. The molecule has 2 heterocycles. The molecule has 0 radical (unpaired) electrons. The molecule has 0 bridgehead atoms. The van der Waals surface area contributed by atoms with Crippen LogP contribution in [0.4, 0.5) is 24.0 Å². The standard InChI is InChI=1S/C16H7F3N4O3S3/c17-7-4-10-14(13(19)12(7)18)22-15(28-10)21-11(24)5-27-16-20-8-2-1-6(23(25)26)3-9(8)29-16/h1-4H,5H2,(H,21,22,24). The van der Waals surface area contributed by atoms with Crippen LogP contribution in [0.15, 0.2) is 28.6 Å². The van der Waals surface area contributed by atoms with E-state index < -0.39 is 28.3 Å². The Morgan fingerprint density at radius 3 is 2.69 bits per heavy atom. The molecule has 7 nitrogen and oxygen atoms in total. The first-order valence-corrected chi connectivity index (χ1v) is 10.4. The molecule has 4 rings (SSSR count). The van der Waals surface area contributed by atoms with Gasteiger partial charge in [0.05, 0.1) is 25.6 Å². The summed E-state index contributed by atoms with van der Waals surface area (Å²) < 4.78 is 41.5. The van der Waals surface area contributed by atoms with Crippen molar-refractivity contribution in [2.24, 2.45) is 0 Å². The normalized spacial score (nSPS) is 11.3. The second-order valence-electron chi connectivity index (χ2n) is 5.58. The number of fused-ring (bicyclic) bond motifs is 2. The highest BCUT2D eigenvalue weighted by molar-refractivity contribution is 8.01. The molecule has 0 atom stereocenters. The highest BCUT2D eigenvalue weighted by Gasteiger charge is 2.18. The molecule has 2 aromatic heterocycles. The number of hydrogen-bond acceptors (Lipinski definition) is 8. The molecule has 4 aromatic rings. The number of amides is 1. The molecule has 0 aliphatic heterocycles. The van der Waals surface area contributed by atoms with Crippen molar-refractivity contribution in [3.8, 4) is 0 Å². The molecule has 0 spiro atoms. The number of nitrogens with one attached hydrogen (secondary N) is 1. The second-order valence-corrected chi connectivity index (χ2v) is 8.86. The van der Waals surface area contributed by atoms with Gasteiger partial charge in [-0.3, -0.25) is 14.9 Å².